The minimum Gasteiger partial charge on any atom is -0.438 e. The summed E-state index contributed by atoms with van der Waals surface area (Å²) in [6, 6.07) is 17.4. The number of amides is 1. The predicted molar refractivity (Wildman–Crippen MR) is 119 cm³/mol. The first kappa shape index (κ1) is 20.6. The average Bonchev–Trinajstić information content (AvgIpc) is 3.03. The Morgan fingerprint density at radius 2 is 1.71 bits per heavy atom. The van der Waals surface area contributed by atoms with Crippen LogP contribution in [0.2, 0.25) is 5.02 Å². The molecule has 31 heavy (non-hydrogen) atoms. The molecule has 0 aliphatic carbocycles. The summed E-state index contributed by atoms with van der Waals surface area (Å²) >= 11 is 6.07. The lowest BCUT2D eigenvalue weighted by Gasteiger charge is -2.09. The molecule has 0 aliphatic heterocycles. The van der Waals surface area contributed by atoms with Gasteiger partial charge >= 0.3 is 0 Å². The molecule has 7 nitrogen and oxygen atoms in total. The molecule has 1 N–H and O–H groups in total. The molecule has 0 unspecified atom stereocenters. The van der Waals surface area contributed by atoms with Crippen LogP contribution < -0.4 is 10.1 Å². The number of nitrogens with zero attached hydrogens (tertiary/aromatic N) is 4. The zero-order chi connectivity index (χ0) is 22.0. The molecule has 1 amide bonds. The van der Waals surface area contributed by atoms with Crippen LogP contribution in [0.15, 0.2) is 60.7 Å². The van der Waals surface area contributed by atoms with Gasteiger partial charge < -0.3 is 10.1 Å². The largest absolute Gasteiger partial charge is 0.438 e. The molecule has 0 saturated heterocycles. The van der Waals surface area contributed by atoms with E-state index in [1.165, 1.54) is 0 Å². The SMILES string of the molecule is Cc1nn(-c2ccc(Oc3ccc(NC(=O)c4ccccc4Cl)cc3)nn2)c(C)c1C. The number of rotatable bonds is 5. The molecular weight excluding hydrogens is 414 g/mol. The summed E-state index contributed by atoms with van der Waals surface area (Å²) in [7, 11) is 0. The number of aromatic nitrogens is 4. The smallest absolute Gasteiger partial charge is 0.257 e. The van der Waals surface area contributed by atoms with Crippen LogP contribution in [0.1, 0.15) is 27.3 Å². The molecule has 4 aromatic rings. The molecule has 0 radical (unpaired) electrons. The maximum Gasteiger partial charge on any atom is 0.257 e. The lowest BCUT2D eigenvalue weighted by Crippen LogP contribution is -2.12. The molecule has 0 bridgehead atoms. The van der Waals surface area contributed by atoms with Gasteiger partial charge in [0, 0.05) is 17.4 Å². The number of benzene rings is 2. The molecule has 156 valence electrons. The van der Waals surface area contributed by atoms with Crippen molar-refractivity contribution < 1.29 is 9.53 Å². The fourth-order valence-electron chi connectivity index (χ4n) is 2.99. The van der Waals surface area contributed by atoms with E-state index in [9.17, 15) is 4.79 Å². The van der Waals surface area contributed by atoms with Crippen LogP contribution in [-0.2, 0) is 0 Å². The monoisotopic (exact) mass is 433 g/mol. The maximum atomic E-state index is 12.4. The molecule has 4 rings (SSSR count). The van der Waals surface area contributed by atoms with E-state index < -0.39 is 0 Å². The van der Waals surface area contributed by atoms with E-state index >= 15 is 0 Å². The van der Waals surface area contributed by atoms with Crippen molar-refractivity contribution in [3.63, 3.8) is 0 Å². The normalized spacial score (nSPS) is 10.7. The third kappa shape index (κ3) is 4.41. The van der Waals surface area contributed by atoms with Crippen LogP contribution >= 0.6 is 11.6 Å². The number of aryl methyl sites for hydroxylation is 1. The number of carbonyl (C=O) groups excluding carboxylic acids is 1. The number of hydrogen-bond acceptors (Lipinski definition) is 5. The summed E-state index contributed by atoms with van der Waals surface area (Å²) in [4.78, 5) is 12.4. The minimum atomic E-state index is -0.278. The highest BCUT2D eigenvalue weighted by Crippen LogP contribution is 2.23. The van der Waals surface area contributed by atoms with E-state index in [1.54, 1.807) is 65.3 Å². The van der Waals surface area contributed by atoms with E-state index in [-0.39, 0.29) is 5.91 Å². The Morgan fingerprint density at radius 3 is 2.32 bits per heavy atom. The summed E-state index contributed by atoms with van der Waals surface area (Å²) in [5.41, 5.74) is 4.15. The van der Waals surface area contributed by atoms with E-state index in [4.69, 9.17) is 16.3 Å². The number of nitrogens with one attached hydrogen (secondary N) is 1. The minimum absolute atomic E-state index is 0.278. The van der Waals surface area contributed by atoms with Crippen LogP contribution in [0.3, 0.4) is 0 Å². The molecule has 0 fully saturated rings. The molecule has 0 spiro atoms. The lowest BCUT2D eigenvalue weighted by molar-refractivity contribution is 0.102. The zero-order valence-corrected chi connectivity index (χ0v) is 18.0. The highest BCUT2D eigenvalue weighted by Gasteiger charge is 2.12. The van der Waals surface area contributed by atoms with Gasteiger partial charge in [0.1, 0.15) is 5.75 Å². The van der Waals surface area contributed by atoms with Crippen LogP contribution in [0, 0.1) is 20.8 Å². The van der Waals surface area contributed by atoms with Gasteiger partial charge in [0.25, 0.3) is 5.91 Å². The fourth-order valence-corrected chi connectivity index (χ4v) is 3.22. The number of hydrogen-bond donors (Lipinski definition) is 1. The summed E-state index contributed by atoms with van der Waals surface area (Å²) in [6.07, 6.45) is 0. The number of ether oxygens (including phenoxy) is 1. The summed E-state index contributed by atoms with van der Waals surface area (Å²) in [6.45, 7) is 5.98. The molecule has 0 saturated carbocycles. The summed E-state index contributed by atoms with van der Waals surface area (Å²) < 4.78 is 7.52. The molecular formula is C23H20ClN5O2. The maximum absolute atomic E-state index is 12.4. The molecule has 0 atom stereocenters. The van der Waals surface area contributed by atoms with Gasteiger partial charge in [-0.3, -0.25) is 4.79 Å². The third-order valence-electron chi connectivity index (χ3n) is 4.95. The summed E-state index contributed by atoms with van der Waals surface area (Å²) in [5, 5.41) is 16.0. The second kappa shape index (κ2) is 8.57. The van der Waals surface area contributed by atoms with Crippen molar-refractivity contribution in [3.8, 4) is 17.4 Å². The Hall–Kier alpha value is -3.71. The molecule has 2 heterocycles. The standard InChI is InChI=1S/C23H20ClN5O2/c1-14-15(2)28-29(16(14)3)21-12-13-22(27-26-21)31-18-10-8-17(9-11-18)25-23(30)19-6-4-5-7-20(19)24/h4-13H,1-3H3,(H,25,30). The Morgan fingerprint density at radius 1 is 0.968 bits per heavy atom. The van der Waals surface area contributed by atoms with Crippen LogP contribution in [0.25, 0.3) is 5.82 Å². The molecule has 2 aromatic carbocycles. The van der Waals surface area contributed by atoms with Crippen molar-refractivity contribution in [1.29, 1.82) is 0 Å². The third-order valence-corrected chi connectivity index (χ3v) is 5.28. The van der Waals surface area contributed by atoms with Crippen molar-refractivity contribution in [2.24, 2.45) is 0 Å². The Kier molecular flexibility index (Phi) is 5.68. The van der Waals surface area contributed by atoms with Crippen LogP contribution in [0.5, 0.6) is 11.6 Å². The van der Waals surface area contributed by atoms with Crippen molar-refractivity contribution in [3.05, 3.63) is 88.2 Å². The van der Waals surface area contributed by atoms with Gasteiger partial charge in [-0.1, -0.05) is 23.7 Å². The van der Waals surface area contributed by atoms with Gasteiger partial charge in [-0.15, -0.1) is 10.2 Å². The number of halogens is 1. The van der Waals surface area contributed by atoms with E-state index in [0.29, 0.717) is 33.7 Å². The van der Waals surface area contributed by atoms with Gasteiger partial charge in [0.15, 0.2) is 5.82 Å². The van der Waals surface area contributed by atoms with Crippen molar-refractivity contribution in [1.82, 2.24) is 20.0 Å². The number of carbonyl (C=O) groups is 1. The quantitative estimate of drug-likeness (QED) is 0.462. The van der Waals surface area contributed by atoms with Crippen LogP contribution in [-0.4, -0.2) is 25.9 Å². The van der Waals surface area contributed by atoms with Gasteiger partial charge in [-0.25, -0.2) is 4.68 Å². The average molecular weight is 434 g/mol. The Balaban J connectivity index is 1.42. The summed E-state index contributed by atoms with van der Waals surface area (Å²) in [5.74, 6) is 1.27. The fraction of sp³-hybridized carbons (Fsp3) is 0.130. The Labute approximate surface area is 184 Å². The van der Waals surface area contributed by atoms with Crippen LogP contribution in [0.4, 0.5) is 5.69 Å². The zero-order valence-electron chi connectivity index (χ0n) is 17.3. The highest BCUT2D eigenvalue weighted by molar-refractivity contribution is 6.34. The first-order valence-corrected chi connectivity index (χ1v) is 10.0. The molecule has 8 heteroatoms. The van der Waals surface area contributed by atoms with Gasteiger partial charge in [-0.2, -0.15) is 5.10 Å². The molecule has 2 aromatic heterocycles. The lowest BCUT2D eigenvalue weighted by atomic mass is 10.2. The van der Waals surface area contributed by atoms with Gasteiger partial charge in [0.2, 0.25) is 5.88 Å². The molecule has 0 aliphatic rings. The van der Waals surface area contributed by atoms with Crippen molar-refractivity contribution in [2.45, 2.75) is 20.8 Å². The van der Waals surface area contributed by atoms with Crippen molar-refractivity contribution >= 4 is 23.2 Å². The van der Waals surface area contributed by atoms with E-state index in [0.717, 1.165) is 17.0 Å². The highest BCUT2D eigenvalue weighted by atomic mass is 35.5. The predicted octanol–water partition coefficient (Wildman–Crippen LogP) is 5.29. The first-order chi connectivity index (χ1) is 14.9. The van der Waals surface area contributed by atoms with E-state index in [1.807, 2.05) is 20.8 Å². The van der Waals surface area contributed by atoms with Gasteiger partial charge in [-0.05, 0) is 68.8 Å². The van der Waals surface area contributed by atoms with Gasteiger partial charge in [0.05, 0.1) is 16.3 Å². The topological polar surface area (TPSA) is 81.9 Å². The second-order valence-electron chi connectivity index (χ2n) is 7.00. The second-order valence-corrected chi connectivity index (χ2v) is 7.41. The van der Waals surface area contributed by atoms with Crippen molar-refractivity contribution in [2.75, 3.05) is 5.32 Å². The number of anilines is 1. The Bertz CT molecular complexity index is 1230. The van der Waals surface area contributed by atoms with E-state index in [2.05, 4.69) is 20.6 Å². The first-order valence-electron chi connectivity index (χ1n) is 9.63.